The maximum absolute atomic E-state index is 12.2. The Morgan fingerprint density at radius 3 is 2.84 bits per heavy atom. The van der Waals surface area contributed by atoms with Crippen molar-refractivity contribution in [2.75, 3.05) is 39.3 Å². The number of carboxylic acid groups (broad SMARTS) is 1. The molecule has 0 radical (unpaired) electrons. The van der Waals surface area contributed by atoms with E-state index < -0.39 is 12.1 Å². The van der Waals surface area contributed by atoms with E-state index in [0.717, 1.165) is 0 Å². The van der Waals surface area contributed by atoms with Crippen LogP contribution in [0.4, 0.5) is 4.79 Å². The molecule has 1 atom stereocenters. The Morgan fingerprint density at radius 1 is 1.37 bits per heavy atom. The molecular formula is C11H17N3O5. The number of rotatable bonds is 2. The number of piperazine rings is 1. The van der Waals surface area contributed by atoms with Gasteiger partial charge in [-0.2, -0.15) is 0 Å². The molecule has 2 aliphatic rings. The second-order valence-electron chi connectivity index (χ2n) is 4.59. The largest absolute Gasteiger partial charge is 0.481 e. The molecule has 2 saturated heterocycles. The van der Waals surface area contributed by atoms with Crippen LogP contribution in [0.5, 0.6) is 0 Å². The van der Waals surface area contributed by atoms with Gasteiger partial charge in [0.25, 0.3) is 0 Å². The first-order chi connectivity index (χ1) is 9.06. The Bertz CT molecular complexity index is 387. The Balaban J connectivity index is 1.91. The topological polar surface area (TPSA) is 99.2 Å². The average Bonchev–Trinajstić information content (AvgIpc) is 2.37. The van der Waals surface area contributed by atoms with Crippen molar-refractivity contribution in [3.05, 3.63) is 0 Å². The van der Waals surface area contributed by atoms with Crippen LogP contribution in [0.3, 0.4) is 0 Å². The molecule has 2 fully saturated rings. The number of amides is 3. The number of ether oxygens (including phenoxy) is 1. The summed E-state index contributed by atoms with van der Waals surface area (Å²) >= 11 is 0. The number of carbonyl (C=O) groups excluding carboxylic acids is 2. The zero-order valence-corrected chi connectivity index (χ0v) is 10.5. The van der Waals surface area contributed by atoms with Crippen molar-refractivity contribution in [2.24, 2.45) is 0 Å². The quantitative estimate of drug-likeness (QED) is 0.651. The molecule has 2 aliphatic heterocycles. The van der Waals surface area contributed by atoms with Crippen molar-refractivity contribution in [1.29, 1.82) is 0 Å². The SMILES string of the molecule is O=C(O)CC1CN(C(=O)N2CCNC(=O)C2)CCO1. The molecular weight excluding hydrogens is 254 g/mol. The highest BCUT2D eigenvalue weighted by Crippen LogP contribution is 2.11. The standard InChI is InChI=1S/C11H17N3O5/c15-9-7-13(2-1-12-9)11(18)14-3-4-19-8(6-14)5-10(16)17/h8H,1-7H2,(H,12,15)(H,16,17). The van der Waals surface area contributed by atoms with Crippen LogP contribution >= 0.6 is 0 Å². The minimum Gasteiger partial charge on any atom is -0.481 e. The molecule has 0 aromatic heterocycles. The van der Waals surface area contributed by atoms with Crippen LogP contribution in [0, 0.1) is 0 Å². The third-order valence-corrected chi connectivity index (χ3v) is 3.12. The number of morpholine rings is 1. The highest BCUT2D eigenvalue weighted by Gasteiger charge is 2.30. The molecule has 0 aromatic rings. The maximum Gasteiger partial charge on any atom is 0.320 e. The van der Waals surface area contributed by atoms with E-state index in [1.807, 2.05) is 0 Å². The van der Waals surface area contributed by atoms with E-state index in [0.29, 0.717) is 26.2 Å². The number of carbonyl (C=O) groups is 3. The van der Waals surface area contributed by atoms with E-state index in [1.165, 1.54) is 4.90 Å². The third-order valence-electron chi connectivity index (χ3n) is 3.12. The van der Waals surface area contributed by atoms with Gasteiger partial charge in [-0.3, -0.25) is 9.59 Å². The Labute approximate surface area is 110 Å². The summed E-state index contributed by atoms with van der Waals surface area (Å²) < 4.78 is 5.31. The van der Waals surface area contributed by atoms with Crippen LogP contribution in [0.25, 0.3) is 0 Å². The first-order valence-corrected chi connectivity index (χ1v) is 6.20. The van der Waals surface area contributed by atoms with Crippen molar-refractivity contribution in [1.82, 2.24) is 15.1 Å². The molecule has 106 valence electrons. The highest BCUT2D eigenvalue weighted by molar-refractivity contribution is 5.85. The molecule has 2 heterocycles. The van der Waals surface area contributed by atoms with Gasteiger partial charge in [0.15, 0.2) is 0 Å². The molecule has 8 heteroatoms. The van der Waals surface area contributed by atoms with Crippen molar-refractivity contribution < 1.29 is 24.2 Å². The predicted octanol–water partition coefficient (Wildman–Crippen LogP) is -1.29. The van der Waals surface area contributed by atoms with Gasteiger partial charge >= 0.3 is 12.0 Å². The summed E-state index contributed by atoms with van der Waals surface area (Å²) in [6, 6.07) is -0.228. The van der Waals surface area contributed by atoms with Crippen molar-refractivity contribution in [3.8, 4) is 0 Å². The Kier molecular flexibility index (Phi) is 4.20. The summed E-state index contributed by atoms with van der Waals surface area (Å²) in [4.78, 5) is 37.1. The molecule has 8 nitrogen and oxygen atoms in total. The summed E-state index contributed by atoms with van der Waals surface area (Å²) in [6.07, 6.45) is -0.599. The van der Waals surface area contributed by atoms with E-state index >= 15 is 0 Å². The normalized spacial score (nSPS) is 24.0. The second kappa shape index (κ2) is 5.87. The van der Waals surface area contributed by atoms with Crippen LogP contribution in [0.15, 0.2) is 0 Å². The van der Waals surface area contributed by atoms with Gasteiger partial charge in [-0.25, -0.2) is 4.79 Å². The zero-order chi connectivity index (χ0) is 13.8. The summed E-state index contributed by atoms with van der Waals surface area (Å²) in [7, 11) is 0. The first kappa shape index (κ1) is 13.6. The lowest BCUT2D eigenvalue weighted by Crippen LogP contribution is -2.57. The fourth-order valence-corrected chi connectivity index (χ4v) is 2.21. The van der Waals surface area contributed by atoms with Crippen molar-refractivity contribution in [2.45, 2.75) is 12.5 Å². The minimum absolute atomic E-state index is 0.0553. The number of carboxylic acids is 1. The molecule has 0 aromatic carbocycles. The second-order valence-corrected chi connectivity index (χ2v) is 4.59. The third kappa shape index (κ3) is 3.57. The zero-order valence-electron chi connectivity index (χ0n) is 10.5. The van der Waals surface area contributed by atoms with E-state index in [2.05, 4.69) is 5.32 Å². The monoisotopic (exact) mass is 271 g/mol. The Hall–Kier alpha value is -1.83. The maximum atomic E-state index is 12.2. The summed E-state index contributed by atoms with van der Waals surface area (Å²) in [5.41, 5.74) is 0. The minimum atomic E-state index is -0.948. The predicted molar refractivity (Wildman–Crippen MR) is 63.5 cm³/mol. The average molecular weight is 271 g/mol. The van der Waals surface area contributed by atoms with Crippen molar-refractivity contribution >= 4 is 17.9 Å². The molecule has 1 unspecified atom stereocenters. The van der Waals surface area contributed by atoms with Crippen LogP contribution in [0.1, 0.15) is 6.42 Å². The fraction of sp³-hybridized carbons (Fsp3) is 0.727. The van der Waals surface area contributed by atoms with E-state index in [-0.39, 0.29) is 31.4 Å². The lowest BCUT2D eigenvalue weighted by Gasteiger charge is -2.37. The van der Waals surface area contributed by atoms with E-state index in [1.54, 1.807) is 4.90 Å². The molecule has 3 amide bonds. The van der Waals surface area contributed by atoms with E-state index in [4.69, 9.17) is 9.84 Å². The molecule has 0 spiro atoms. The summed E-state index contributed by atoms with van der Waals surface area (Å²) in [5, 5.41) is 11.4. The van der Waals surface area contributed by atoms with Gasteiger partial charge in [-0.15, -0.1) is 0 Å². The van der Waals surface area contributed by atoms with Crippen LogP contribution in [-0.4, -0.2) is 78.2 Å². The van der Waals surface area contributed by atoms with Gasteiger partial charge in [0.2, 0.25) is 5.91 Å². The van der Waals surface area contributed by atoms with Gasteiger partial charge in [-0.05, 0) is 0 Å². The van der Waals surface area contributed by atoms with Gasteiger partial charge in [-0.1, -0.05) is 0 Å². The fourth-order valence-electron chi connectivity index (χ4n) is 2.21. The first-order valence-electron chi connectivity index (χ1n) is 6.20. The number of nitrogens with zero attached hydrogens (tertiary/aromatic N) is 2. The number of hydrogen-bond acceptors (Lipinski definition) is 4. The van der Waals surface area contributed by atoms with E-state index in [9.17, 15) is 14.4 Å². The van der Waals surface area contributed by atoms with Gasteiger partial charge in [0.1, 0.15) is 6.54 Å². The van der Waals surface area contributed by atoms with Gasteiger partial charge in [0.05, 0.1) is 19.1 Å². The number of nitrogens with one attached hydrogen (secondary N) is 1. The molecule has 0 saturated carbocycles. The molecule has 2 rings (SSSR count). The summed E-state index contributed by atoms with van der Waals surface area (Å²) in [6.45, 7) is 1.98. The Morgan fingerprint density at radius 2 is 2.16 bits per heavy atom. The summed E-state index contributed by atoms with van der Waals surface area (Å²) in [5.74, 6) is -1.12. The van der Waals surface area contributed by atoms with Crippen LogP contribution in [0.2, 0.25) is 0 Å². The smallest absolute Gasteiger partial charge is 0.320 e. The van der Waals surface area contributed by atoms with Gasteiger partial charge in [0, 0.05) is 26.2 Å². The molecule has 0 bridgehead atoms. The number of aliphatic carboxylic acids is 1. The van der Waals surface area contributed by atoms with Crippen molar-refractivity contribution in [3.63, 3.8) is 0 Å². The molecule has 0 aliphatic carbocycles. The van der Waals surface area contributed by atoms with Gasteiger partial charge < -0.3 is 25.0 Å². The lowest BCUT2D eigenvalue weighted by atomic mass is 10.2. The number of urea groups is 1. The molecule has 19 heavy (non-hydrogen) atoms. The number of hydrogen-bond donors (Lipinski definition) is 2. The molecule has 2 N–H and O–H groups in total. The van der Waals surface area contributed by atoms with Crippen LogP contribution < -0.4 is 5.32 Å². The highest BCUT2D eigenvalue weighted by atomic mass is 16.5. The lowest BCUT2D eigenvalue weighted by molar-refractivity contribution is -0.141. The van der Waals surface area contributed by atoms with Crippen LogP contribution in [-0.2, 0) is 14.3 Å².